The van der Waals surface area contributed by atoms with Crippen LogP contribution in [0.25, 0.3) is 6.08 Å². The number of halogens is 2. The van der Waals surface area contributed by atoms with E-state index in [1.807, 2.05) is 49.3 Å². The van der Waals surface area contributed by atoms with E-state index in [4.69, 9.17) is 42.1 Å². The number of nitrogens with zero attached hydrogens (tertiary/aromatic N) is 4. The lowest BCUT2D eigenvalue weighted by Crippen LogP contribution is -2.33. The zero-order valence-electron chi connectivity index (χ0n) is 34.5. The fourth-order valence-electron chi connectivity index (χ4n) is 7.24. The van der Waals surface area contributed by atoms with Crippen molar-refractivity contribution in [3.8, 4) is 29.1 Å². The van der Waals surface area contributed by atoms with Crippen LogP contribution in [-0.2, 0) is 19.9 Å². The van der Waals surface area contributed by atoms with Crippen molar-refractivity contribution >= 4 is 70.2 Å². The quantitative estimate of drug-likeness (QED) is 0.0297. The van der Waals surface area contributed by atoms with Gasteiger partial charge in [-0.2, -0.15) is 15.5 Å². The van der Waals surface area contributed by atoms with Crippen molar-refractivity contribution in [2.75, 3.05) is 32.1 Å². The number of nitriles is 1. The van der Waals surface area contributed by atoms with Crippen LogP contribution in [0.3, 0.4) is 0 Å². The normalized spacial score (nSPS) is 14.6. The Bertz CT molecular complexity index is 3000. The number of anilines is 1. The number of carbonyl (C=O) groups excluding carboxylic acids is 4. The molecule has 1 unspecified atom stereocenters. The Hall–Kier alpha value is -7.99. The van der Waals surface area contributed by atoms with Gasteiger partial charge in [-0.05, 0) is 90.9 Å². The molecule has 2 N–H and O–H groups in total. The maximum Gasteiger partial charge on any atom is 0.348 e. The SMILES string of the molecule is CN(C)c1ccc(N=Nc2ccc(C(=O)NCCCOC(=O)/C(C#N)=C/c3ccccc3C(=O)Oc3cc4c(cc3Cl)C3(OC(=O)c5ccccc53)c3cc(Cl)c(O)cc3O4)cc2)cc1. The topological polar surface area (TPSA) is 189 Å². The van der Waals surface area contributed by atoms with Crippen molar-refractivity contribution in [3.05, 3.63) is 176 Å². The number of hydrogen-bond donors (Lipinski definition) is 2. The average molecular weight is 909 g/mol. The minimum Gasteiger partial charge on any atom is -0.506 e. The highest BCUT2D eigenvalue weighted by Crippen LogP contribution is 2.58. The molecule has 16 heteroatoms. The molecule has 0 saturated heterocycles. The van der Waals surface area contributed by atoms with Crippen LogP contribution in [0.2, 0.25) is 10.0 Å². The summed E-state index contributed by atoms with van der Waals surface area (Å²) in [5.41, 5.74) is 2.33. The molecular weight excluding hydrogens is 873 g/mol. The Balaban J connectivity index is 0.901. The molecule has 65 heavy (non-hydrogen) atoms. The zero-order chi connectivity index (χ0) is 45.8. The zero-order valence-corrected chi connectivity index (χ0v) is 36.0. The molecular formula is C49H35Cl2N5O9. The maximum absolute atomic E-state index is 13.7. The number of phenols is 1. The van der Waals surface area contributed by atoms with E-state index in [0.717, 1.165) is 5.69 Å². The van der Waals surface area contributed by atoms with Crippen LogP contribution >= 0.6 is 23.2 Å². The van der Waals surface area contributed by atoms with Gasteiger partial charge in [-0.1, -0.05) is 59.6 Å². The Kier molecular flexibility index (Phi) is 12.3. The van der Waals surface area contributed by atoms with Crippen molar-refractivity contribution in [1.29, 1.82) is 5.26 Å². The average Bonchev–Trinajstić information content (AvgIpc) is 3.60. The molecule has 2 aliphatic rings. The third-order valence-corrected chi connectivity index (χ3v) is 11.1. The van der Waals surface area contributed by atoms with E-state index in [9.17, 15) is 29.5 Å². The molecule has 6 aromatic carbocycles. The Morgan fingerprint density at radius 3 is 2.20 bits per heavy atom. The summed E-state index contributed by atoms with van der Waals surface area (Å²) in [4.78, 5) is 54.7. The summed E-state index contributed by atoms with van der Waals surface area (Å²) in [7, 11) is 3.90. The molecule has 0 aromatic heterocycles. The second-order valence-corrected chi connectivity index (χ2v) is 15.7. The van der Waals surface area contributed by atoms with Crippen LogP contribution in [0.1, 0.15) is 59.7 Å². The fraction of sp³-hybridized carbons (Fsp3) is 0.122. The molecule has 2 heterocycles. The van der Waals surface area contributed by atoms with Crippen LogP contribution in [0.15, 0.2) is 137 Å². The van der Waals surface area contributed by atoms with E-state index in [-0.39, 0.29) is 69.6 Å². The Morgan fingerprint density at radius 2 is 1.49 bits per heavy atom. The van der Waals surface area contributed by atoms with Gasteiger partial charge in [0.25, 0.3) is 5.91 Å². The second kappa shape index (κ2) is 18.4. The number of fused-ring (bicyclic) bond motifs is 6. The third kappa shape index (κ3) is 8.83. The van der Waals surface area contributed by atoms with Crippen LogP contribution in [0.5, 0.6) is 23.0 Å². The van der Waals surface area contributed by atoms with Gasteiger partial charge in [-0.25, -0.2) is 14.4 Å². The van der Waals surface area contributed by atoms with Gasteiger partial charge in [0.15, 0.2) is 11.4 Å². The van der Waals surface area contributed by atoms with Crippen molar-refractivity contribution in [2.45, 2.75) is 12.0 Å². The summed E-state index contributed by atoms with van der Waals surface area (Å²) in [5, 5.41) is 31.5. The highest BCUT2D eigenvalue weighted by Gasteiger charge is 2.54. The summed E-state index contributed by atoms with van der Waals surface area (Å²) in [6, 6.07) is 34.5. The molecule has 1 amide bonds. The molecule has 6 aromatic rings. The first-order valence-electron chi connectivity index (χ1n) is 19.9. The van der Waals surface area contributed by atoms with Gasteiger partial charge in [0, 0.05) is 60.7 Å². The number of carbonyl (C=O) groups is 4. The maximum atomic E-state index is 13.7. The lowest BCUT2D eigenvalue weighted by atomic mass is 9.77. The minimum atomic E-state index is -1.57. The molecule has 324 valence electrons. The molecule has 8 rings (SSSR count). The molecule has 0 fully saturated rings. The number of amides is 1. The van der Waals surface area contributed by atoms with E-state index in [1.165, 1.54) is 42.5 Å². The van der Waals surface area contributed by atoms with Gasteiger partial charge < -0.3 is 34.3 Å². The summed E-state index contributed by atoms with van der Waals surface area (Å²) in [6.07, 6.45) is 1.45. The Labute approximate surface area is 381 Å². The molecule has 0 saturated carbocycles. The first-order chi connectivity index (χ1) is 31.4. The molecule has 0 aliphatic carbocycles. The first-order valence-corrected chi connectivity index (χ1v) is 20.7. The highest BCUT2D eigenvalue weighted by atomic mass is 35.5. The van der Waals surface area contributed by atoms with Gasteiger partial charge in [-0.15, -0.1) is 0 Å². The molecule has 1 atom stereocenters. The van der Waals surface area contributed by atoms with Crippen LogP contribution in [0, 0.1) is 11.3 Å². The summed E-state index contributed by atoms with van der Waals surface area (Å²) < 4.78 is 23.4. The Morgan fingerprint density at radius 1 is 0.846 bits per heavy atom. The predicted octanol–water partition coefficient (Wildman–Crippen LogP) is 10.2. The highest BCUT2D eigenvalue weighted by molar-refractivity contribution is 6.32. The number of phenolic OH excluding ortho intramolecular Hbond substituents is 1. The van der Waals surface area contributed by atoms with Gasteiger partial charge >= 0.3 is 17.9 Å². The number of benzene rings is 6. The number of azo groups is 1. The second-order valence-electron chi connectivity index (χ2n) is 14.8. The summed E-state index contributed by atoms with van der Waals surface area (Å²) in [5.74, 6) is -2.95. The van der Waals surface area contributed by atoms with Crippen molar-refractivity contribution in [2.24, 2.45) is 10.2 Å². The predicted molar refractivity (Wildman–Crippen MR) is 241 cm³/mol. The third-order valence-electron chi connectivity index (χ3n) is 10.5. The monoisotopic (exact) mass is 907 g/mol. The van der Waals surface area contributed by atoms with E-state index in [0.29, 0.717) is 39.2 Å². The summed E-state index contributed by atoms with van der Waals surface area (Å²) >= 11 is 13.1. The van der Waals surface area contributed by atoms with Crippen molar-refractivity contribution in [3.63, 3.8) is 0 Å². The summed E-state index contributed by atoms with van der Waals surface area (Å²) in [6.45, 7) is 0.0641. The fourth-order valence-corrected chi connectivity index (χ4v) is 7.61. The van der Waals surface area contributed by atoms with E-state index in [2.05, 4.69) is 15.5 Å². The largest absolute Gasteiger partial charge is 0.506 e. The number of ether oxygens (including phenoxy) is 4. The minimum absolute atomic E-state index is 0.00360. The van der Waals surface area contributed by atoms with Gasteiger partial charge in [0.2, 0.25) is 0 Å². The number of hydrogen-bond acceptors (Lipinski definition) is 13. The van der Waals surface area contributed by atoms with Gasteiger partial charge in [0.1, 0.15) is 28.9 Å². The smallest absolute Gasteiger partial charge is 0.348 e. The van der Waals surface area contributed by atoms with E-state index < -0.39 is 29.1 Å². The molecule has 0 bridgehead atoms. The first kappa shape index (κ1) is 43.7. The number of aromatic hydroxyl groups is 1. The van der Waals surface area contributed by atoms with Crippen LogP contribution in [0.4, 0.5) is 17.1 Å². The molecule has 14 nitrogen and oxygen atoms in total. The van der Waals surface area contributed by atoms with E-state index in [1.54, 1.807) is 60.7 Å². The molecule has 1 spiro atoms. The molecule has 0 radical (unpaired) electrons. The number of rotatable bonds is 12. The van der Waals surface area contributed by atoms with E-state index >= 15 is 0 Å². The number of esters is 3. The van der Waals surface area contributed by atoms with Gasteiger partial charge in [-0.3, -0.25) is 4.79 Å². The van der Waals surface area contributed by atoms with Crippen molar-refractivity contribution < 1.29 is 43.2 Å². The van der Waals surface area contributed by atoms with Crippen LogP contribution < -0.4 is 19.7 Å². The lowest BCUT2D eigenvalue weighted by Gasteiger charge is -2.37. The van der Waals surface area contributed by atoms with Crippen LogP contribution in [-0.4, -0.2) is 56.2 Å². The standard InChI is InChI=1S/C49H35Cl2N5O9/c1-56(2)33-18-16-32(17-19-33)55-54-31-14-12-28(13-15-31)45(58)53-20-7-21-62-46(59)30(27-52)22-29-8-3-4-9-34(29)47(60)64-44-26-43-38(24-40(44)51)49(36-11-6-5-10-35(36)48(61)65-49)37-23-39(50)41(57)25-42(37)63-43/h3-6,8-19,22-26,57H,7,20-21H2,1-2H3,(H,53,58)/b30-22+,55-54?. The molecule has 2 aliphatic heterocycles. The number of nitrogens with one attached hydrogen (secondary N) is 1. The lowest BCUT2D eigenvalue weighted by molar-refractivity contribution is -0.138. The van der Waals surface area contributed by atoms with Gasteiger partial charge in [0.05, 0.1) is 39.2 Å². The van der Waals surface area contributed by atoms with Crippen molar-refractivity contribution in [1.82, 2.24) is 5.32 Å².